The van der Waals surface area contributed by atoms with E-state index in [0.717, 1.165) is 0 Å². The van der Waals surface area contributed by atoms with Gasteiger partial charge in [-0.05, 0) is 0 Å². The molecule has 0 aromatic carbocycles. The summed E-state index contributed by atoms with van der Waals surface area (Å²) in [5.41, 5.74) is 0. The van der Waals surface area contributed by atoms with E-state index in [1.165, 1.54) is 0 Å². The molecule has 22 heavy (non-hydrogen) atoms. The van der Waals surface area contributed by atoms with Crippen molar-refractivity contribution in [2.75, 3.05) is 0 Å². The molecule has 0 N–H and O–H groups in total. The Balaban J connectivity index is 0. The van der Waals surface area contributed by atoms with Gasteiger partial charge in [0, 0.05) is 0 Å². The third-order valence-corrected chi connectivity index (χ3v) is 37.4. The summed E-state index contributed by atoms with van der Waals surface area (Å²) in [5, 5.41) is 0. The fraction of sp³-hybridized carbons (Fsp3) is 1.00. The van der Waals surface area contributed by atoms with Crippen LogP contribution in [0.2, 0.25) is 78.6 Å². The molecule has 0 saturated carbocycles. The van der Waals surface area contributed by atoms with E-state index in [-0.39, 0.29) is 21.5 Å². The normalized spacial score (nSPS) is 14.1. The van der Waals surface area contributed by atoms with Gasteiger partial charge in [-0.25, -0.2) is 0 Å². The summed E-state index contributed by atoms with van der Waals surface area (Å²) in [4.78, 5) is 0. The van der Waals surface area contributed by atoms with Crippen molar-refractivity contribution < 1.29 is 0 Å². The molecule has 0 aliphatic carbocycles. The molecule has 0 fully saturated rings. The molecule has 0 radical (unpaired) electrons. The fourth-order valence-electron chi connectivity index (χ4n) is 2.58. The van der Waals surface area contributed by atoms with Crippen LogP contribution < -0.4 is 0 Å². The monoisotopic (exact) mass is 834 g/mol. The van der Waals surface area contributed by atoms with Crippen molar-refractivity contribution >= 4 is 103 Å². The van der Waals surface area contributed by atoms with Crippen LogP contribution in [0.4, 0.5) is 0 Å². The summed E-state index contributed by atoms with van der Waals surface area (Å²) in [7, 11) is -4.75. The van der Waals surface area contributed by atoms with Crippen molar-refractivity contribution in [1.29, 1.82) is 0 Å². The second kappa shape index (κ2) is 11.0. The van der Waals surface area contributed by atoms with E-state index < -0.39 is 32.9 Å². The van der Waals surface area contributed by atoms with Gasteiger partial charge in [0.15, 0.2) is 0 Å². The number of rotatable bonds is 6. The van der Waals surface area contributed by atoms with Crippen LogP contribution in [0.1, 0.15) is 0 Å². The van der Waals surface area contributed by atoms with Crippen LogP contribution in [0.5, 0.6) is 0 Å². The van der Waals surface area contributed by atoms with Crippen LogP contribution in [-0.2, 0) is 0 Å². The van der Waals surface area contributed by atoms with Gasteiger partial charge in [-0.15, -0.1) is 0 Å². The first kappa shape index (κ1) is 28.0. The molecule has 136 valence electrons. The summed E-state index contributed by atoms with van der Waals surface area (Å²) in [6.45, 7) is 30.5. The quantitative estimate of drug-likeness (QED) is 0.245. The summed E-state index contributed by atoms with van der Waals surface area (Å²) in [5.74, 6) is 0. The van der Waals surface area contributed by atoms with Crippen LogP contribution in [0.25, 0.3) is 0 Å². The van der Waals surface area contributed by atoms with Crippen LogP contribution >= 0.6 is 31.3 Å². The van der Waals surface area contributed by atoms with E-state index >= 15 is 0 Å². The molecule has 0 atom stereocenters. The predicted octanol–water partition coefficient (Wildman–Crippen LogP) is 5.85. The van der Waals surface area contributed by atoms with Gasteiger partial charge in [0.2, 0.25) is 0 Å². The minimum absolute atomic E-state index is 0.168. The van der Waals surface area contributed by atoms with Crippen LogP contribution in [-0.4, -0.2) is 77.1 Å². The standard InChI is InChI=1S/C12H36N2Si4Te.I2Te/c1-15(2,3)13(16(4,5)6)19-14(17(7,8)9)18(10,11)12;1-2-3/h1-12H3;. The topological polar surface area (TPSA) is 6.48 Å². The Labute approximate surface area is 184 Å². The Morgan fingerprint density at radius 1 is 0.636 bits per heavy atom. The molecule has 0 aromatic rings. The summed E-state index contributed by atoms with van der Waals surface area (Å²) in [6, 6.07) is 0. The van der Waals surface area contributed by atoms with Crippen molar-refractivity contribution in [1.82, 2.24) is 4.96 Å². The Bertz CT molecular complexity index is 289. The minimum atomic E-state index is -1.19. The number of hydrogen-bond donors (Lipinski definition) is 0. The fourth-order valence-corrected chi connectivity index (χ4v) is 32.9. The van der Waals surface area contributed by atoms with Gasteiger partial charge in [0.05, 0.1) is 0 Å². The molecule has 2 nitrogen and oxygen atoms in total. The predicted molar refractivity (Wildman–Crippen MR) is 137 cm³/mol. The van der Waals surface area contributed by atoms with Gasteiger partial charge < -0.3 is 0 Å². The van der Waals surface area contributed by atoms with E-state index in [9.17, 15) is 0 Å². The van der Waals surface area contributed by atoms with Crippen molar-refractivity contribution in [2.24, 2.45) is 0 Å². The third-order valence-electron chi connectivity index (χ3n) is 2.60. The van der Waals surface area contributed by atoms with E-state index in [2.05, 4.69) is 120 Å². The van der Waals surface area contributed by atoms with Gasteiger partial charge in [0.25, 0.3) is 0 Å². The van der Waals surface area contributed by atoms with Crippen molar-refractivity contribution in [3.63, 3.8) is 0 Å². The number of hydrogen-bond acceptors (Lipinski definition) is 2. The molecule has 0 heterocycles. The second-order valence-corrected chi connectivity index (χ2v) is 53.6. The van der Waals surface area contributed by atoms with E-state index in [0.29, 0.717) is 12.7 Å². The zero-order chi connectivity index (χ0) is 18.6. The van der Waals surface area contributed by atoms with Crippen LogP contribution in [0.3, 0.4) is 0 Å². The first-order valence-corrected chi connectivity index (χ1v) is 36.5. The maximum absolute atomic E-state index is 3.07. The molecule has 0 aliphatic heterocycles. The molecule has 0 aliphatic rings. The third kappa shape index (κ3) is 12.3. The molecule has 0 spiro atoms. The molecule has 0 unspecified atom stereocenters. The molecular weight excluding hydrogens is 793 g/mol. The molecule has 10 heteroatoms. The molecule has 0 rings (SSSR count). The average Bonchev–Trinajstić information content (AvgIpc) is 2.09. The van der Waals surface area contributed by atoms with Crippen LogP contribution in [0.15, 0.2) is 0 Å². The Hall–Kier alpha value is 3.83. The van der Waals surface area contributed by atoms with Crippen molar-refractivity contribution in [2.45, 2.75) is 78.6 Å². The van der Waals surface area contributed by atoms with Gasteiger partial charge in [-0.3, -0.25) is 0 Å². The summed E-state index contributed by atoms with van der Waals surface area (Å²) >= 11 is 4.97. The molecule has 0 amide bonds. The molecule has 0 saturated heterocycles. The first-order valence-electron chi connectivity index (χ1n) is 7.56. The van der Waals surface area contributed by atoms with E-state index in [4.69, 9.17) is 0 Å². The van der Waals surface area contributed by atoms with Gasteiger partial charge in [0.1, 0.15) is 0 Å². The molecule has 0 aromatic heterocycles. The van der Waals surface area contributed by atoms with E-state index in [1.807, 2.05) is 0 Å². The van der Waals surface area contributed by atoms with E-state index in [1.54, 1.807) is 0 Å². The SMILES string of the molecule is C[Si](C)(C)N([Te]N([Si](C)(C)C)[Si](C)(C)C)[Si](C)(C)C.[Te]=II. The Morgan fingerprint density at radius 3 is 0.864 bits per heavy atom. The first-order chi connectivity index (χ1) is 9.39. The van der Waals surface area contributed by atoms with Crippen molar-refractivity contribution in [3.05, 3.63) is 0 Å². The van der Waals surface area contributed by atoms with Crippen LogP contribution in [0, 0.1) is 0 Å². The second-order valence-electron chi connectivity index (χ2n) is 9.41. The summed E-state index contributed by atoms with van der Waals surface area (Å²) in [6.07, 6.45) is 0. The Kier molecular flexibility index (Phi) is 14.0. The Morgan fingerprint density at radius 2 is 0.773 bits per heavy atom. The van der Waals surface area contributed by atoms with Gasteiger partial charge >= 0.3 is 187 Å². The molecular formula is C12H36I2N2Si4Te2. The molecule has 0 bridgehead atoms. The van der Waals surface area contributed by atoms with Gasteiger partial charge in [-0.1, -0.05) is 0 Å². The zero-order valence-corrected chi connectivity index (χ0v) is 29.4. The number of halogens is 2. The maximum atomic E-state index is 3.07. The van der Waals surface area contributed by atoms with Crippen molar-refractivity contribution in [3.8, 4) is 0 Å². The summed E-state index contributed by atoms with van der Waals surface area (Å²) < 4.78 is 6.14. The number of nitrogens with zero attached hydrogens (tertiary/aromatic N) is 2. The zero-order valence-electron chi connectivity index (χ0n) is 16.5. The van der Waals surface area contributed by atoms with Gasteiger partial charge in [-0.2, -0.15) is 0 Å². The average molecular weight is 830 g/mol.